The van der Waals surface area contributed by atoms with Gasteiger partial charge >= 0.3 is 0 Å². The average Bonchev–Trinajstić information content (AvgIpc) is 3.50. The second-order valence-corrected chi connectivity index (χ2v) is 15.8. The Morgan fingerprint density at radius 3 is 2.20 bits per heavy atom. The molecular formula is C58H45N3. The molecule has 6 aromatic carbocycles. The lowest BCUT2D eigenvalue weighted by Gasteiger charge is -2.46. The Morgan fingerprint density at radius 1 is 0.623 bits per heavy atom. The molecule has 3 nitrogen and oxygen atoms in total. The van der Waals surface area contributed by atoms with E-state index in [2.05, 4.69) is 201 Å². The Labute approximate surface area is 359 Å². The first-order chi connectivity index (χ1) is 30.0. The maximum Gasteiger partial charge on any atom is 0.160 e. The molecule has 3 heterocycles. The van der Waals surface area contributed by atoms with Crippen molar-refractivity contribution in [2.24, 2.45) is 0 Å². The molecule has 1 aromatic heterocycles. The SMILES string of the molecule is C=C/C=C\C1=C(C)N2c3ccccc3C3(c4ccccc4-c4ccc(-c5cccc(-c6nc(/C=C(C)/C=C\C=C/C)cc(-c7ccccc7)n6)c5)cc43)c3cccc(c32)C=C1. The molecule has 1 aliphatic carbocycles. The molecule has 7 aromatic rings. The molecule has 0 saturated carbocycles. The van der Waals surface area contributed by atoms with Crippen molar-refractivity contribution < 1.29 is 0 Å². The number of fused-ring (bicyclic) bond motifs is 9. The molecule has 3 heteroatoms. The van der Waals surface area contributed by atoms with Crippen LogP contribution in [0.1, 0.15) is 54.3 Å². The maximum atomic E-state index is 5.17. The Balaban J connectivity index is 1.16. The van der Waals surface area contributed by atoms with E-state index in [0.29, 0.717) is 5.82 Å². The van der Waals surface area contributed by atoms with Crippen molar-refractivity contribution in [3.8, 4) is 44.9 Å². The van der Waals surface area contributed by atoms with Gasteiger partial charge in [-0.3, -0.25) is 0 Å². The number of para-hydroxylation sites is 2. The zero-order valence-corrected chi connectivity index (χ0v) is 34.7. The van der Waals surface area contributed by atoms with Crippen LogP contribution in [0.3, 0.4) is 0 Å². The minimum Gasteiger partial charge on any atom is -0.313 e. The van der Waals surface area contributed by atoms with E-state index in [1.165, 1.54) is 56.0 Å². The van der Waals surface area contributed by atoms with E-state index in [1.54, 1.807) is 0 Å². The fraction of sp³-hybridized carbons (Fsp3) is 0.0690. The minimum absolute atomic E-state index is 0.554. The number of nitrogens with zero attached hydrogens (tertiary/aromatic N) is 3. The van der Waals surface area contributed by atoms with Crippen LogP contribution in [-0.2, 0) is 5.41 Å². The monoisotopic (exact) mass is 783 g/mol. The Morgan fingerprint density at radius 2 is 1.34 bits per heavy atom. The second kappa shape index (κ2) is 15.5. The minimum atomic E-state index is -0.554. The van der Waals surface area contributed by atoms with Crippen molar-refractivity contribution >= 4 is 23.5 Å². The highest BCUT2D eigenvalue weighted by molar-refractivity contribution is 5.98. The van der Waals surface area contributed by atoms with E-state index in [9.17, 15) is 0 Å². The van der Waals surface area contributed by atoms with Crippen molar-refractivity contribution in [1.82, 2.24) is 9.97 Å². The van der Waals surface area contributed by atoms with Crippen molar-refractivity contribution in [3.05, 3.63) is 251 Å². The summed E-state index contributed by atoms with van der Waals surface area (Å²) < 4.78 is 0. The van der Waals surface area contributed by atoms with Crippen LogP contribution in [0.4, 0.5) is 11.4 Å². The van der Waals surface area contributed by atoms with Crippen LogP contribution in [-0.4, -0.2) is 9.97 Å². The standard InChI is InChI=1S/C58H45N3/c1-5-7-10-19-39(3)35-47-38-54(42-21-11-9-12-22-42)60-57(59-47)46-25-17-24-44(36-46)45-33-34-49-48-26-13-14-27-50(48)58(53(49)37-45)51-28-15-16-30-55(51)61-40(4)41(20-8-6-2)31-32-43-23-18-29-52(58)56(43)61/h5-38H,2H2,1,3-4H3/b7-5-,19-10-,20-8-,39-35+. The number of aromatic nitrogens is 2. The van der Waals surface area contributed by atoms with Crippen LogP contribution in [0, 0.1) is 0 Å². The van der Waals surface area contributed by atoms with Gasteiger partial charge in [-0.2, -0.15) is 0 Å². The maximum absolute atomic E-state index is 5.17. The first kappa shape index (κ1) is 37.6. The van der Waals surface area contributed by atoms with Gasteiger partial charge in [-0.15, -0.1) is 0 Å². The predicted octanol–water partition coefficient (Wildman–Crippen LogP) is 14.9. The summed E-state index contributed by atoms with van der Waals surface area (Å²) in [4.78, 5) is 12.8. The third-order valence-corrected chi connectivity index (χ3v) is 12.2. The van der Waals surface area contributed by atoms with Crippen molar-refractivity contribution in [2.45, 2.75) is 26.2 Å². The fourth-order valence-corrected chi connectivity index (χ4v) is 9.53. The molecule has 292 valence electrons. The fourth-order valence-electron chi connectivity index (χ4n) is 9.53. The summed E-state index contributed by atoms with van der Waals surface area (Å²) in [5.74, 6) is 0.691. The van der Waals surface area contributed by atoms with Gasteiger partial charge in [-0.05, 0) is 112 Å². The smallest absolute Gasteiger partial charge is 0.160 e. The topological polar surface area (TPSA) is 29.0 Å². The van der Waals surface area contributed by atoms with Gasteiger partial charge in [-0.25, -0.2) is 9.97 Å². The largest absolute Gasteiger partial charge is 0.313 e. The Bertz CT molecular complexity index is 3080. The summed E-state index contributed by atoms with van der Waals surface area (Å²) in [5, 5.41) is 0. The van der Waals surface area contributed by atoms with Crippen LogP contribution in [0.25, 0.3) is 57.1 Å². The zero-order chi connectivity index (χ0) is 41.5. The van der Waals surface area contributed by atoms with E-state index in [1.807, 2.05) is 37.3 Å². The summed E-state index contributed by atoms with van der Waals surface area (Å²) >= 11 is 0. The molecule has 0 saturated heterocycles. The summed E-state index contributed by atoms with van der Waals surface area (Å²) in [6, 6.07) is 53.1. The molecule has 1 unspecified atom stereocenters. The normalized spacial score (nSPS) is 16.3. The van der Waals surface area contributed by atoms with Gasteiger partial charge in [0.2, 0.25) is 0 Å². The highest BCUT2D eigenvalue weighted by Gasteiger charge is 2.52. The van der Waals surface area contributed by atoms with E-state index < -0.39 is 5.41 Å². The Kier molecular flexibility index (Phi) is 9.58. The molecule has 0 fully saturated rings. The van der Waals surface area contributed by atoms with Gasteiger partial charge in [-0.1, -0.05) is 183 Å². The molecule has 1 atom stereocenters. The molecular weight excluding hydrogens is 739 g/mol. The summed E-state index contributed by atoms with van der Waals surface area (Å²) in [6.07, 6.45) is 20.9. The average molecular weight is 784 g/mol. The number of rotatable bonds is 8. The van der Waals surface area contributed by atoms with Gasteiger partial charge in [0.15, 0.2) is 5.82 Å². The molecule has 0 bridgehead atoms. The highest BCUT2D eigenvalue weighted by Crippen LogP contribution is 2.64. The van der Waals surface area contributed by atoms with Crippen LogP contribution in [0.15, 0.2) is 218 Å². The van der Waals surface area contributed by atoms with Gasteiger partial charge in [0, 0.05) is 16.8 Å². The van der Waals surface area contributed by atoms with Gasteiger partial charge in [0.05, 0.1) is 28.2 Å². The molecule has 3 aliphatic rings. The van der Waals surface area contributed by atoms with Crippen LogP contribution < -0.4 is 4.90 Å². The van der Waals surface area contributed by atoms with E-state index >= 15 is 0 Å². The molecule has 1 spiro atoms. The number of anilines is 2. The number of hydrogen-bond donors (Lipinski definition) is 0. The summed E-state index contributed by atoms with van der Waals surface area (Å²) in [5.41, 5.74) is 20.2. The van der Waals surface area contributed by atoms with E-state index in [4.69, 9.17) is 9.97 Å². The number of hydrogen-bond acceptors (Lipinski definition) is 3. The predicted molar refractivity (Wildman–Crippen MR) is 256 cm³/mol. The quantitative estimate of drug-likeness (QED) is 0.144. The zero-order valence-electron chi connectivity index (χ0n) is 34.7. The van der Waals surface area contributed by atoms with E-state index in [0.717, 1.165) is 44.8 Å². The van der Waals surface area contributed by atoms with Crippen LogP contribution in [0.2, 0.25) is 0 Å². The Hall–Kier alpha value is -7.62. The van der Waals surface area contributed by atoms with Gasteiger partial charge in [0.25, 0.3) is 0 Å². The van der Waals surface area contributed by atoms with Crippen LogP contribution in [0.5, 0.6) is 0 Å². The number of allylic oxidation sites excluding steroid dienone is 11. The molecule has 0 radical (unpaired) electrons. The van der Waals surface area contributed by atoms with Gasteiger partial charge < -0.3 is 4.90 Å². The second-order valence-electron chi connectivity index (χ2n) is 15.8. The first-order valence-corrected chi connectivity index (χ1v) is 21.0. The molecule has 0 N–H and O–H groups in total. The van der Waals surface area contributed by atoms with Crippen molar-refractivity contribution in [1.29, 1.82) is 0 Å². The van der Waals surface area contributed by atoms with Crippen molar-refractivity contribution in [2.75, 3.05) is 4.90 Å². The third-order valence-electron chi connectivity index (χ3n) is 12.2. The number of benzene rings is 6. The molecule has 0 amide bonds. The first-order valence-electron chi connectivity index (χ1n) is 21.0. The lowest BCUT2D eigenvalue weighted by atomic mass is 9.64. The van der Waals surface area contributed by atoms with Crippen LogP contribution >= 0.6 is 0 Å². The third kappa shape index (κ3) is 6.29. The molecule has 2 aliphatic heterocycles. The van der Waals surface area contributed by atoms with Gasteiger partial charge in [0.1, 0.15) is 0 Å². The molecule has 61 heavy (non-hydrogen) atoms. The lowest BCUT2D eigenvalue weighted by Crippen LogP contribution is -2.37. The van der Waals surface area contributed by atoms with Crippen molar-refractivity contribution in [3.63, 3.8) is 0 Å². The summed E-state index contributed by atoms with van der Waals surface area (Å²) in [6.45, 7) is 10.3. The highest BCUT2D eigenvalue weighted by atomic mass is 15.2. The lowest BCUT2D eigenvalue weighted by molar-refractivity contribution is 0.748. The molecule has 10 rings (SSSR count). The van der Waals surface area contributed by atoms with E-state index in [-0.39, 0.29) is 0 Å². The summed E-state index contributed by atoms with van der Waals surface area (Å²) in [7, 11) is 0.